The van der Waals surface area contributed by atoms with Crippen molar-refractivity contribution < 1.29 is 9.18 Å². The monoisotopic (exact) mass is 378 g/mol. The second kappa shape index (κ2) is 7.46. The normalized spacial score (nSPS) is 14.0. The van der Waals surface area contributed by atoms with Crippen LogP contribution in [0.25, 0.3) is 5.69 Å². The van der Waals surface area contributed by atoms with E-state index in [4.69, 9.17) is 0 Å². The molecule has 3 aromatic rings. The molecule has 0 aliphatic carbocycles. The van der Waals surface area contributed by atoms with Crippen LogP contribution >= 0.6 is 0 Å². The van der Waals surface area contributed by atoms with Gasteiger partial charge in [-0.3, -0.25) is 0 Å². The van der Waals surface area contributed by atoms with Gasteiger partial charge in [0.25, 0.3) is 0 Å². The highest BCUT2D eigenvalue weighted by molar-refractivity contribution is 5.92. The van der Waals surface area contributed by atoms with Crippen molar-refractivity contribution >= 4 is 11.7 Å². The van der Waals surface area contributed by atoms with Gasteiger partial charge < -0.3 is 10.2 Å². The van der Waals surface area contributed by atoms with Crippen LogP contribution in [0.3, 0.4) is 0 Å². The van der Waals surface area contributed by atoms with Crippen LogP contribution in [0, 0.1) is 25.6 Å². The Labute approximate surface area is 163 Å². The molecule has 2 aromatic carbocycles. The van der Waals surface area contributed by atoms with Crippen LogP contribution in [0.4, 0.5) is 14.9 Å². The highest BCUT2D eigenvalue weighted by Gasteiger charge is 2.31. The van der Waals surface area contributed by atoms with Crippen molar-refractivity contribution in [2.24, 2.45) is 5.92 Å². The molecule has 1 aliphatic heterocycles. The predicted octanol–water partition coefficient (Wildman–Crippen LogP) is 4.33. The average Bonchev–Trinajstić information content (AvgIpc) is 2.97. The molecule has 144 valence electrons. The second-order valence-corrected chi connectivity index (χ2v) is 7.35. The zero-order chi connectivity index (χ0) is 19.7. The Kier molecular flexibility index (Phi) is 4.86. The molecule has 1 aliphatic rings. The minimum absolute atomic E-state index is 0.140. The van der Waals surface area contributed by atoms with E-state index < -0.39 is 0 Å². The zero-order valence-electron chi connectivity index (χ0n) is 16.0. The molecule has 2 amide bonds. The molecule has 0 atom stereocenters. The number of aryl methyl sites for hydroxylation is 2. The number of nitrogens with zero attached hydrogens (tertiary/aromatic N) is 3. The SMILES string of the molecule is Cc1cc(C)n(-c2ccccc2NC(=O)N2CC(Cc3ccccc3F)C2)n1. The Bertz CT molecular complexity index is 1010. The lowest BCUT2D eigenvalue weighted by molar-refractivity contribution is 0.130. The number of aromatic nitrogens is 2. The van der Waals surface area contributed by atoms with Crippen LogP contribution in [0.1, 0.15) is 17.0 Å². The van der Waals surface area contributed by atoms with E-state index in [1.807, 2.05) is 61.0 Å². The summed E-state index contributed by atoms with van der Waals surface area (Å²) in [4.78, 5) is 14.4. The lowest BCUT2D eigenvalue weighted by Gasteiger charge is -2.39. The number of halogens is 1. The first-order valence-corrected chi connectivity index (χ1v) is 9.43. The number of likely N-dealkylation sites (tertiary alicyclic amines) is 1. The van der Waals surface area contributed by atoms with E-state index in [1.165, 1.54) is 6.07 Å². The third-order valence-electron chi connectivity index (χ3n) is 5.09. The van der Waals surface area contributed by atoms with Crippen molar-refractivity contribution in [2.45, 2.75) is 20.3 Å². The zero-order valence-corrected chi connectivity index (χ0v) is 16.0. The summed E-state index contributed by atoms with van der Waals surface area (Å²) in [7, 11) is 0. The first kappa shape index (κ1) is 18.2. The molecular weight excluding hydrogens is 355 g/mol. The van der Waals surface area contributed by atoms with Crippen LogP contribution in [0.2, 0.25) is 0 Å². The van der Waals surface area contributed by atoms with E-state index in [0.29, 0.717) is 25.1 Å². The third-order valence-corrected chi connectivity index (χ3v) is 5.09. The van der Waals surface area contributed by atoms with Gasteiger partial charge in [-0.2, -0.15) is 5.10 Å². The molecule has 5 nitrogen and oxygen atoms in total. The summed E-state index contributed by atoms with van der Waals surface area (Å²) in [5.41, 5.74) is 4.20. The van der Waals surface area contributed by atoms with Crippen molar-refractivity contribution in [1.82, 2.24) is 14.7 Å². The topological polar surface area (TPSA) is 50.2 Å². The lowest BCUT2D eigenvalue weighted by atomic mass is 9.92. The molecule has 0 spiro atoms. The molecule has 28 heavy (non-hydrogen) atoms. The molecule has 0 unspecified atom stereocenters. The number of rotatable bonds is 4. The van der Waals surface area contributed by atoms with E-state index in [9.17, 15) is 9.18 Å². The van der Waals surface area contributed by atoms with Gasteiger partial charge in [0.05, 0.1) is 17.1 Å². The van der Waals surface area contributed by atoms with Gasteiger partial charge in [-0.05, 0) is 56.0 Å². The van der Waals surface area contributed by atoms with Crippen molar-refractivity contribution in [3.63, 3.8) is 0 Å². The molecule has 1 aromatic heterocycles. The standard InChI is InChI=1S/C22H23FN4O/c1-15-11-16(2)27(25-15)21-10-6-5-9-20(21)24-22(28)26-13-17(14-26)12-18-7-3-4-8-19(18)23/h3-11,17H,12-14H2,1-2H3,(H,24,28). The largest absolute Gasteiger partial charge is 0.324 e. The Morgan fingerprint density at radius 3 is 2.57 bits per heavy atom. The summed E-state index contributed by atoms with van der Waals surface area (Å²) in [5, 5.41) is 7.51. The van der Waals surface area contributed by atoms with Crippen LogP contribution in [-0.4, -0.2) is 33.8 Å². The predicted molar refractivity (Wildman–Crippen MR) is 107 cm³/mol. The number of anilines is 1. The number of carbonyl (C=O) groups excluding carboxylic acids is 1. The average molecular weight is 378 g/mol. The number of benzene rings is 2. The van der Waals surface area contributed by atoms with E-state index >= 15 is 0 Å². The quantitative estimate of drug-likeness (QED) is 0.734. The summed E-state index contributed by atoms with van der Waals surface area (Å²) in [5.74, 6) is 0.109. The van der Waals surface area contributed by atoms with E-state index in [-0.39, 0.29) is 17.8 Å². The van der Waals surface area contributed by atoms with Gasteiger partial charge in [-0.15, -0.1) is 0 Å². The van der Waals surface area contributed by atoms with E-state index in [1.54, 1.807) is 11.0 Å². The van der Waals surface area contributed by atoms with Gasteiger partial charge in [-0.1, -0.05) is 30.3 Å². The Balaban J connectivity index is 1.41. The molecule has 0 bridgehead atoms. The highest BCUT2D eigenvalue weighted by atomic mass is 19.1. The molecular formula is C22H23FN4O. The molecule has 1 N–H and O–H groups in total. The molecule has 2 heterocycles. The Morgan fingerprint density at radius 2 is 1.86 bits per heavy atom. The van der Waals surface area contributed by atoms with Gasteiger partial charge in [0, 0.05) is 18.8 Å². The first-order chi connectivity index (χ1) is 13.5. The number of hydrogen-bond acceptors (Lipinski definition) is 2. The maximum Gasteiger partial charge on any atom is 0.321 e. The maximum absolute atomic E-state index is 13.8. The first-order valence-electron chi connectivity index (χ1n) is 9.43. The van der Waals surface area contributed by atoms with Crippen molar-refractivity contribution in [3.05, 3.63) is 77.4 Å². The summed E-state index contributed by atoms with van der Waals surface area (Å²) < 4.78 is 15.6. The smallest absolute Gasteiger partial charge is 0.321 e. The fourth-order valence-corrected chi connectivity index (χ4v) is 3.67. The number of para-hydroxylation sites is 2. The number of amides is 2. The summed E-state index contributed by atoms with van der Waals surface area (Å²) in [6, 6.07) is 16.3. The highest BCUT2D eigenvalue weighted by Crippen LogP contribution is 2.25. The van der Waals surface area contributed by atoms with Crippen LogP contribution in [0.5, 0.6) is 0 Å². The van der Waals surface area contributed by atoms with Gasteiger partial charge in [-0.25, -0.2) is 13.9 Å². The second-order valence-electron chi connectivity index (χ2n) is 7.35. The number of carbonyl (C=O) groups is 1. The lowest BCUT2D eigenvalue weighted by Crippen LogP contribution is -2.52. The minimum atomic E-state index is -0.177. The van der Waals surface area contributed by atoms with Gasteiger partial charge in [0.15, 0.2) is 0 Å². The molecule has 1 fully saturated rings. The van der Waals surface area contributed by atoms with E-state index in [0.717, 1.165) is 22.8 Å². The number of nitrogens with one attached hydrogen (secondary N) is 1. The fraction of sp³-hybridized carbons (Fsp3) is 0.273. The van der Waals surface area contributed by atoms with Crippen LogP contribution in [0.15, 0.2) is 54.6 Å². The molecule has 6 heteroatoms. The summed E-state index contributed by atoms with van der Waals surface area (Å²) >= 11 is 0. The fourth-order valence-electron chi connectivity index (χ4n) is 3.67. The molecule has 0 radical (unpaired) electrons. The molecule has 1 saturated heterocycles. The minimum Gasteiger partial charge on any atom is -0.324 e. The molecule has 0 saturated carbocycles. The van der Waals surface area contributed by atoms with Crippen molar-refractivity contribution in [2.75, 3.05) is 18.4 Å². The third kappa shape index (κ3) is 3.63. The maximum atomic E-state index is 13.8. The molecule has 4 rings (SSSR count). The van der Waals surface area contributed by atoms with Gasteiger partial charge in [0.1, 0.15) is 5.82 Å². The van der Waals surface area contributed by atoms with Crippen molar-refractivity contribution in [3.8, 4) is 5.69 Å². The summed E-state index contributed by atoms with van der Waals surface area (Å²) in [6.45, 7) is 5.19. The Morgan fingerprint density at radius 1 is 1.14 bits per heavy atom. The van der Waals surface area contributed by atoms with Crippen LogP contribution < -0.4 is 5.32 Å². The number of urea groups is 1. The van der Waals surface area contributed by atoms with Crippen molar-refractivity contribution in [1.29, 1.82) is 0 Å². The van der Waals surface area contributed by atoms with Crippen LogP contribution in [-0.2, 0) is 6.42 Å². The van der Waals surface area contributed by atoms with E-state index in [2.05, 4.69) is 10.4 Å². The van der Waals surface area contributed by atoms with Gasteiger partial charge in [0.2, 0.25) is 0 Å². The van der Waals surface area contributed by atoms with Gasteiger partial charge >= 0.3 is 6.03 Å². The summed E-state index contributed by atoms with van der Waals surface area (Å²) in [6.07, 6.45) is 0.652. The number of hydrogen-bond donors (Lipinski definition) is 1. The Hall–Kier alpha value is -3.15.